The molecule has 1 amide bonds. The zero-order valence-electron chi connectivity index (χ0n) is 16.2. The van der Waals surface area contributed by atoms with Crippen LogP contribution in [0, 0.1) is 5.92 Å². The Morgan fingerprint density at radius 1 is 1.23 bits per heavy atom. The lowest BCUT2D eigenvalue weighted by Crippen LogP contribution is -2.44. The van der Waals surface area contributed by atoms with Crippen LogP contribution in [0.15, 0.2) is 30.3 Å². The first-order chi connectivity index (χ1) is 12.2. The molecule has 0 aromatic heterocycles. The van der Waals surface area contributed by atoms with Gasteiger partial charge in [-0.2, -0.15) is 0 Å². The number of benzene rings is 1. The molecule has 0 aliphatic heterocycles. The maximum atomic E-state index is 12.6. The molecular formula is C20H29NO3S2. The van der Waals surface area contributed by atoms with Crippen molar-refractivity contribution >= 4 is 40.1 Å². The van der Waals surface area contributed by atoms with Gasteiger partial charge in [0.2, 0.25) is 5.91 Å². The van der Waals surface area contributed by atoms with Crippen LogP contribution in [0.3, 0.4) is 0 Å². The van der Waals surface area contributed by atoms with Gasteiger partial charge in [-0.25, -0.2) is 4.79 Å². The Labute approximate surface area is 166 Å². The summed E-state index contributed by atoms with van der Waals surface area (Å²) in [4.78, 5) is 24.8. The second-order valence-corrected chi connectivity index (χ2v) is 9.39. The second kappa shape index (κ2) is 10.7. The average Bonchev–Trinajstić information content (AvgIpc) is 2.57. The molecule has 6 heteroatoms. The van der Waals surface area contributed by atoms with E-state index in [1.54, 1.807) is 0 Å². The minimum atomic E-state index is -0.513. The fraction of sp³-hybridized carbons (Fsp3) is 0.550. The van der Waals surface area contributed by atoms with Gasteiger partial charge < -0.3 is 10.1 Å². The third kappa shape index (κ3) is 7.46. The van der Waals surface area contributed by atoms with Crippen LogP contribution < -0.4 is 5.32 Å². The van der Waals surface area contributed by atoms with Crippen LogP contribution in [-0.4, -0.2) is 26.9 Å². The van der Waals surface area contributed by atoms with Crippen molar-refractivity contribution in [2.75, 3.05) is 0 Å². The highest BCUT2D eigenvalue weighted by Crippen LogP contribution is 2.37. The summed E-state index contributed by atoms with van der Waals surface area (Å²) in [5, 5.41) is 2.97. The van der Waals surface area contributed by atoms with Gasteiger partial charge in [0, 0.05) is 10.8 Å². The lowest BCUT2D eigenvalue weighted by Gasteiger charge is -2.33. The number of amides is 1. The standard InChI is InChI=1S/C20H29NO3S2/c1-6-10-16(17(22)21-14(2)3)20(4,5)26-19(25)18(23)24-13-15-11-8-7-9-12-15/h7-9,11-12,14,16H,6,10,13H2,1-5H3,(H,21,22). The highest BCUT2D eigenvalue weighted by molar-refractivity contribution is 8.26. The predicted octanol–water partition coefficient (Wildman–Crippen LogP) is 4.51. The number of ether oxygens (including phenoxy) is 1. The van der Waals surface area contributed by atoms with Crippen LogP contribution in [0.1, 0.15) is 53.0 Å². The average molecular weight is 396 g/mol. The minimum Gasteiger partial charge on any atom is -0.456 e. The number of thioether (sulfide) groups is 1. The highest BCUT2D eigenvalue weighted by atomic mass is 32.2. The highest BCUT2D eigenvalue weighted by Gasteiger charge is 2.37. The molecule has 1 unspecified atom stereocenters. The third-order valence-corrected chi connectivity index (χ3v) is 5.48. The Hall–Kier alpha value is -1.40. The second-order valence-electron chi connectivity index (χ2n) is 7.06. The molecule has 0 saturated heterocycles. The van der Waals surface area contributed by atoms with Crippen molar-refractivity contribution in [1.29, 1.82) is 0 Å². The Balaban J connectivity index is 2.70. The summed E-state index contributed by atoms with van der Waals surface area (Å²) < 4.78 is 4.95. The number of thiocarbonyl (C=S) groups is 1. The lowest BCUT2D eigenvalue weighted by atomic mass is 9.89. The zero-order chi connectivity index (χ0) is 19.7. The number of carbonyl (C=O) groups is 2. The Morgan fingerprint density at radius 3 is 2.38 bits per heavy atom. The van der Waals surface area contributed by atoms with Crippen molar-refractivity contribution in [1.82, 2.24) is 5.32 Å². The fourth-order valence-electron chi connectivity index (χ4n) is 2.60. The normalized spacial score (nSPS) is 12.5. The number of carbonyl (C=O) groups excluding carboxylic acids is 2. The molecule has 0 saturated carbocycles. The van der Waals surface area contributed by atoms with Crippen LogP contribution in [0.2, 0.25) is 0 Å². The largest absolute Gasteiger partial charge is 0.456 e. The Bertz CT molecular complexity index is 615. The van der Waals surface area contributed by atoms with Gasteiger partial charge in [-0.3, -0.25) is 4.79 Å². The Morgan fingerprint density at radius 2 is 1.85 bits per heavy atom. The van der Waals surface area contributed by atoms with Gasteiger partial charge in [0.15, 0.2) is 4.20 Å². The van der Waals surface area contributed by atoms with E-state index < -0.39 is 10.7 Å². The molecule has 4 nitrogen and oxygen atoms in total. The first kappa shape index (κ1) is 22.6. The number of hydrogen-bond donors (Lipinski definition) is 1. The van der Waals surface area contributed by atoms with E-state index in [9.17, 15) is 9.59 Å². The zero-order valence-corrected chi connectivity index (χ0v) is 17.8. The molecule has 1 aromatic rings. The van der Waals surface area contributed by atoms with Crippen LogP contribution in [0.4, 0.5) is 0 Å². The molecule has 0 aliphatic carbocycles. The summed E-state index contributed by atoms with van der Waals surface area (Å²) in [6.45, 7) is 10.0. The number of rotatable bonds is 8. The predicted molar refractivity (Wildman–Crippen MR) is 112 cm³/mol. The maximum absolute atomic E-state index is 12.6. The number of esters is 1. The summed E-state index contributed by atoms with van der Waals surface area (Å²) in [5.41, 5.74) is 0.910. The fourth-order valence-corrected chi connectivity index (χ4v) is 4.29. The van der Waals surface area contributed by atoms with Gasteiger partial charge >= 0.3 is 5.97 Å². The molecule has 1 N–H and O–H groups in total. The summed E-state index contributed by atoms with van der Waals surface area (Å²) >= 11 is 6.52. The number of hydrogen-bond acceptors (Lipinski definition) is 5. The van der Waals surface area contributed by atoms with E-state index in [4.69, 9.17) is 17.0 Å². The van der Waals surface area contributed by atoms with Crippen molar-refractivity contribution in [3.8, 4) is 0 Å². The summed E-state index contributed by atoms with van der Waals surface area (Å²) in [6.07, 6.45) is 1.62. The quantitative estimate of drug-likeness (QED) is 0.518. The van der Waals surface area contributed by atoms with Crippen molar-refractivity contribution in [3.05, 3.63) is 35.9 Å². The third-order valence-electron chi connectivity index (χ3n) is 3.90. The molecule has 1 atom stereocenters. The topological polar surface area (TPSA) is 55.4 Å². The molecule has 0 fully saturated rings. The molecule has 0 heterocycles. The molecule has 1 rings (SSSR count). The van der Waals surface area contributed by atoms with Crippen LogP contribution in [0.5, 0.6) is 0 Å². The summed E-state index contributed by atoms with van der Waals surface area (Å²) in [7, 11) is 0. The minimum absolute atomic E-state index is 0.000182. The lowest BCUT2D eigenvalue weighted by molar-refractivity contribution is -0.136. The van der Waals surface area contributed by atoms with Crippen LogP contribution in [-0.2, 0) is 20.9 Å². The summed E-state index contributed by atoms with van der Waals surface area (Å²) in [5.74, 6) is -0.749. The first-order valence-corrected chi connectivity index (χ1v) is 10.1. The SMILES string of the molecule is CCCC(C(=O)NC(C)C)C(C)(C)SC(=S)C(=O)OCc1ccccc1. The van der Waals surface area contributed by atoms with Gasteiger partial charge in [0.1, 0.15) is 6.61 Å². The maximum Gasteiger partial charge on any atom is 0.356 e. The molecule has 0 spiro atoms. The van der Waals surface area contributed by atoms with Gasteiger partial charge in [-0.05, 0) is 39.7 Å². The van der Waals surface area contributed by atoms with Crippen LogP contribution in [0.25, 0.3) is 0 Å². The van der Waals surface area contributed by atoms with Crippen molar-refractivity contribution < 1.29 is 14.3 Å². The van der Waals surface area contributed by atoms with E-state index >= 15 is 0 Å². The molecule has 26 heavy (non-hydrogen) atoms. The first-order valence-electron chi connectivity index (χ1n) is 8.91. The van der Waals surface area contributed by atoms with E-state index in [1.807, 2.05) is 65.0 Å². The van der Waals surface area contributed by atoms with E-state index in [0.717, 1.165) is 18.4 Å². The van der Waals surface area contributed by atoms with Gasteiger partial charge in [0.25, 0.3) is 0 Å². The molecular weight excluding hydrogens is 366 g/mol. The van der Waals surface area contributed by atoms with E-state index in [0.29, 0.717) is 0 Å². The van der Waals surface area contributed by atoms with E-state index in [2.05, 4.69) is 5.32 Å². The van der Waals surface area contributed by atoms with E-state index in [1.165, 1.54) is 11.8 Å². The van der Waals surface area contributed by atoms with Crippen LogP contribution >= 0.6 is 24.0 Å². The smallest absolute Gasteiger partial charge is 0.356 e. The van der Waals surface area contributed by atoms with Crippen molar-refractivity contribution in [2.45, 2.75) is 64.9 Å². The molecule has 0 radical (unpaired) electrons. The summed E-state index contributed by atoms with van der Waals surface area (Å²) in [6, 6.07) is 9.54. The molecule has 0 aliphatic rings. The number of nitrogens with one attached hydrogen (secondary N) is 1. The van der Waals surface area contributed by atoms with Gasteiger partial charge in [0.05, 0.1) is 5.92 Å². The van der Waals surface area contributed by atoms with Gasteiger partial charge in [-0.1, -0.05) is 55.9 Å². The van der Waals surface area contributed by atoms with E-state index in [-0.39, 0.29) is 28.7 Å². The Kier molecular flexibility index (Phi) is 9.30. The monoisotopic (exact) mass is 395 g/mol. The molecule has 0 bridgehead atoms. The van der Waals surface area contributed by atoms with Gasteiger partial charge in [-0.15, -0.1) is 11.8 Å². The van der Waals surface area contributed by atoms with Crippen molar-refractivity contribution in [2.24, 2.45) is 5.92 Å². The van der Waals surface area contributed by atoms with Crippen molar-refractivity contribution in [3.63, 3.8) is 0 Å². The molecule has 1 aromatic carbocycles. The molecule has 144 valence electrons.